The van der Waals surface area contributed by atoms with Crippen LogP contribution in [0.5, 0.6) is 5.75 Å². The van der Waals surface area contributed by atoms with Crippen LogP contribution in [0.2, 0.25) is 0 Å². The highest BCUT2D eigenvalue weighted by molar-refractivity contribution is 5.80. The maximum Gasteiger partial charge on any atom is 0.426 e. The molecule has 0 aromatic heterocycles. The van der Waals surface area contributed by atoms with Crippen LogP contribution >= 0.6 is 0 Å². The number of hydrogen-bond acceptors (Lipinski definition) is 4. The van der Waals surface area contributed by atoms with Crippen LogP contribution < -0.4 is 15.6 Å². The first-order valence-electron chi connectivity index (χ1n) is 6.65. The molecule has 1 aliphatic carbocycles. The molecule has 0 spiro atoms. The van der Waals surface area contributed by atoms with Crippen molar-refractivity contribution in [3.8, 4) is 5.75 Å². The molecule has 0 bridgehead atoms. The Bertz CT molecular complexity index is 502. The lowest BCUT2D eigenvalue weighted by molar-refractivity contribution is -0.123. The van der Waals surface area contributed by atoms with Gasteiger partial charge in [0.05, 0.1) is 6.61 Å². The molecule has 0 aliphatic heterocycles. The number of nitrogens with one attached hydrogen (secondary N) is 2. The van der Waals surface area contributed by atoms with Crippen LogP contribution in [-0.2, 0) is 22.4 Å². The van der Waals surface area contributed by atoms with Gasteiger partial charge in [-0.25, -0.2) is 10.2 Å². The molecule has 20 heavy (non-hydrogen) atoms. The molecular formula is C14H18N2O4. The molecule has 0 saturated carbocycles. The molecule has 2 amide bonds. The predicted octanol–water partition coefficient (Wildman–Crippen LogP) is 1.33. The monoisotopic (exact) mass is 278 g/mol. The van der Waals surface area contributed by atoms with Crippen molar-refractivity contribution >= 4 is 12.0 Å². The number of benzene rings is 1. The minimum absolute atomic E-state index is 0.162. The SMILES string of the molecule is CCOC(=O)NNC(=O)COc1ccc2c(c1)CCC2. The number of aryl methyl sites for hydroxylation is 2. The molecule has 6 heteroatoms. The van der Waals surface area contributed by atoms with Crippen molar-refractivity contribution in [3.63, 3.8) is 0 Å². The van der Waals surface area contributed by atoms with Gasteiger partial charge in [-0.3, -0.25) is 10.2 Å². The van der Waals surface area contributed by atoms with E-state index in [-0.39, 0.29) is 13.2 Å². The van der Waals surface area contributed by atoms with E-state index in [0.717, 1.165) is 12.8 Å². The molecule has 2 rings (SSSR count). The highest BCUT2D eigenvalue weighted by atomic mass is 16.6. The van der Waals surface area contributed by atoms with Crippen molar-refractivity contribution in [2.45, 2.75) is 26.2 Å². The molecule has 0 heterocycles. The zero-order valence-corrected chi connectivity index (χ0v) is 11.4. The van der Waals surface area contributed by atoms with E-state index in [2.05, 4.69) is 15.6 Å². The molecule has 1 aliphatic rings. The van der Waals surface area contributed by atoms with Gasteiger partial charge in [-0.05, 0) is 49.4 Å². The largest absolute Gasteiger partial charge is 0.484 e. The normalized spacial score (nSPS) is 12.4. The van der Waals surface area contributed by atoms with Crippen LogP contribution in [0.3, 0.4) is 0 Å². The minimum Gasteiger partial charge on any atom is -0.484 e. The Labute approximate surface area is 117 Å². The summed E-state index contributed by atoms with van der Waals surface area (Å²) in [6.07, 6.45) is 2.64. The molecule has 6 nitrogen and oxygen atoms in total. The van der Waals surface area contributed by atoms with Gasteiger partial charge in [0.2, 0.25) is 0 Å². The van der Waals surface area contributed by atoms with Gasteiger partial charge >= 0.3 is 6.09 Å². The van der Waals surface area contributed by atoms with Gasteiger partial charge < -0.3 is 9.47 Å². The number of carbonyl (C=O) groups excluding carboxylic acids is 2. The van der Waals surface area contributed by atoms with Crippen LogP contribution in [0.25, 0.3) is 0 Å². The van der Waals surface area contributed by atoms with Crippen molar-refractivity contribution in [1.82, 2.24) is 10.9 Å². The molecule has 108 valence electrons. The molecule has 2 N–H and O–H groups in total. The summed E-state index contributed by atoms with van der Waals surface area (Å²) in [5.74, 6) is 0.218. The number of ether oxygens (including phenoxy) is 2. The van der Waals surface area contributed by atoms with E-state index < -0.39 is 12.0 Å². The maximum atomic E-state index is 11.5. The zero-order chi connectivity index (χ0) is 14.4. The quantitative estimate of drug-likeness (QED) is 0.815. The first kappa shape index (κ1) is 14.2. The van der Waals surface area contributed by atoms with Gasteiger partial charge in [0, 0.05) is 0 Å². The third-order valence-corrected chi connectivity index (χ3v) is 3.02. The first-order chi connectivity index (χ1) is 9.69. The van der Waals surface area contributed by atoms with Crippen LogP contribution in [0.4, 0.5) is 4.79 Å². The Kier molecular flexibility index (Phi) is 4.81. The average molecular weight is 278 g/mol. The van der Waals surface area contributed by atoms with E-state index in [4.69, 9.17) is 4.74 Å². The number of hydrogen-bond donors (Lipinski definition) is 2. The highest BCUT2D eigenvalue weighted by Crippen LogP contribution is 2.25. The molecule has 1 aromatic rings. The smallest absolute Gasteiger partial charge is 0.426 e. The fourth-order valence-electron chi connectivity index (χ4n) is 2.11. The molecule has 0 atom stereocenters. The number of rotatable bonds is 4. The second kappa shape index (κ2) is 6.79. The van der Waals surface area contributed by atoms with Crippen molar-refractivity contribution < 1.29 is 19.1 Å². The summed E-state index contributed by atoms with van der Waals surface area (Å²) in [5, 5.41) is 0. The molecular weight excluding hydrogens is 260 g/mol. The number of hydrazine groups is 1. The van der Waals surface area contributed by atoms with Crippen LogP contribution in [-0.4, -0.2) is 25.2 Å². The lowest BCUT2D eigenvalue weighted by Gasteiger charge is -2.09. The van der Waals surface area contributed by atoms with E-state index in [1.165, 1.54) is 17.5 Å². The van der Waals surface area contributed by atoms with Gasteiger partial charge in [0.25, 0.3) is 5.91 Å². The Hall–Kier alpha value is -2.24. The predicted molar refractivity (Wildman–Crippen MR) is 72.3 cm³/mol. The molecule has 0 unspecified atom stereocenters. The van der Waals surface area contributed by atoms with Crippen LogP contribution in [0, 0.1) is 0 Å². The van der Waals surface area contributed by atoms with Crippen molar-refractivity contribution in [3.05, 3.63) is 29.3 Å². The van der Waals surface area contributed by atoms with E-state index in [0.29, 0.717) is 5.75 Å². The summed E-state index contributed by atoms with van der Waals surface area (Å²) < 4.78 is 9.98. The summed E-state index contributed by atoms with van der Waals surface area (Å²) in [4.78, 5) is 22.4. The molecule has 0 radical (unpaired) electrons. The summed E-state index contributed by atoms with van der Waals surface area (Å²) in [6, 6.07) is 5.86. The van der Waals surface area contributed by atoms with Gasteiger partial charge in [0.1, 0.15) is 5.75 Å². The van der Waals surface area contributed by atoms with Gasteiger partial charge in [-0.15, -0.1) is 0 Å². The highest BCUT2D eigenvalue weighted by Gasteiger charge is 2.12. The second-order valence-electron chi connectivity index (χ2n) is 4.47. The fraction of sp³-hybridized carbons (Fsp3) is 0.429. The summed E-state index contributed by atoms with van der Waals surface area (Å²) in [7, 11) is 0. The third kappa shape index (κ3) is 3.88. The van der Waals surface area contributed by atoms with Crippen molar-refractivity contribution in [2.75, 3.05) is 13.2 Å². The van der Waals surface area contributed by atoms with E-state index in [1.54, 1.807) is 6.92 Å². The van der Waals surface area contributed by atoms with Crippen molar-refractivity contribution in [2.24, 2.45) is 0 Å². The minimum atomic E-state index is -0.696. The van der Waals surface area contributed by atoms with Crippen LogP contribution in [0.1, 0.15) is 24.5 Å². The van der Waals surface area contributed by atoms with Crippen LogP contribution in [0.15, 0.2) is 18.2 Å². The molecule has 1 aromatic carbocycles. The van der Waals surface area contributed by atoms with E-state index in [1.807, 2.05) is 18.2 Å². The molecule has 0 saturated heterocycles. The van der Waals surface area contributed by atoms with E-state index >= 15 is 0 Å². The number of fused-ring (bicyclic) bond motifs is 1. The van der Waals surface area contributed by atoms with E-state index in [9.17, 15) is 9.59 Å². The number of carbonyl (C=O) groups is 2. The Morgan fingerprint density at radius 2 is 2.00 bits per heavy atom. The second-order valence-corrected chi connectivity index (χ2v) is 4.47. The summed E-state index contributed by atoms with van der Waals surface area (Å²) in [6.45, 7) is 1.76. The topological polar surface area (TPSA) is 76.7 Å². The Balaban J connectivity index is 1.74. The van der Waals surface area contributed by atoms with Crippen molar-refractivity contribution in [1.29, 1.82) is 0 Å². The maximum absolute atomic E-state index is 11.5. The zero-order valence-electron chi connectivity index (χ0n) is 11.4. The summed E-state index contributed by atoms with van der Waals surface area (Å²) in [5.41, 5.74) is 6.96. The lowest BCUT2D eigenvalue weighted by Crippen LogP contribution is -2.44. The standard InChI is InChI=1S/C14H18N2O4/c1-2-19-14(18)16-15-13(17)9-20-12-7-6-10-4-3-5-11(10)8-12/h6-8H,2-5,9H2,1H3,(H,15,17)(H,16,18). The third-order valence-electron chi connectivity index (χ3n) is 3.02. The Morgan fingerprint density at radius 3 is 2.80 bits per heavy atom. The lowest BCUT2D eigenvalue weighted by atomic mass is 10.1. The first-order valence-corrected chi connectivity index (χ1v) is 6.65. The average Bonchev–Trinajstić information content (AvgIpc) is 2.90. The van der Waals surface area contributed by atoms with Gasteiger partial charge in [-0.1, -0.05) is 6.07 Å². The van der Waals surface area contributed by atoms with Gasteiger partial charge in [-0.2, -0.15) is 0 Å². The number of amides is 2. The summed E-state index contributed by atoms with van der Waals surface area (Å²) >= 11 is 0. The Morgan fingerprint density at radius 1 is 1.20 bits per heavy atom. The van der Waals surface area contributed by atoms with Gasteiger partial charge in [0.15, 0.2) is 6.61 Å². The fourth-order valence-corrected chi connectivity index (χ4v) is 2.11. The molecule has 0 fully saturated rings.